The summed E-state index contributed by atoms with van der Waals surface area (Å²) in [6.07, 6.45) is 4.04. The lowest BCUT2D eigenvalue weighted by Gasteiger charge is -2.35. The van der Waals surface area contributed by atoms with Gasteiger partial charge in [-0.15, -0.1) is 0 Å². The molecule has 0 aromatic carbocycles. The molecular weight excluding hydrogens is 128 g/mol. The molecule has 2 fully saturated rings. The highest BCUT2D eigenvalue weighted by atomic mass is 16.6. The second-order valence-electron chi connectivity index (χ2n) is 3.21. The van der Waals surface area contributed by atoms with Gasteiger partial charge in [-0.25, -0.2) is 4.79 Å². The maximum absolute atomic E-state index is 10.9. The highest BCUT2D eigenvalue weighted by Gasteiger charge is 2.47. The lowest BCUT2D eigenvalue weighted by Crippen LogP contribution is -2.36. The molecule has 10 heavy (non-hydrogen) atoms. The topological polar surface area (TPSA) is 26.3 Å². The van der Waals surface area contributed by atoms with E-state index >= 15 is 0 Å². The molecule has 1 aliphatic carbocycles. The van der Waals surface area contributed by atoms with Gasteiger partial charge in [0.05, 0.1) is 0 Å². The molecule has 2 rings (SSSR count). The fraction of sp³-hybridized carbons (Fsp3) is 0.625. The van der Waals surface area contributed by atoms with Gasteiger partial charge in [0, 0.05) is 12.0 Å². The Morgan fingerprint density at radius 2 is 2.20 bits per heavy atom. The van der Waals surface area contributed by atoms with E-state index in [0.717, 1.165) is 19.3 Å². The fourth-order valence-electron chi connectivity index (χ4n) is 1.62. The van der Waals surface area contributed by atoms with E-state index in [-0.39, 0.29) is 11.6 Å². The van der Waals surface area contributed by atoms with E-state index in [0.29, 0.717) is 5.57 Å². The molecule has 54 valence electrons. The third kappa shape index (κ3) is 0.618. The monoisotopic (exact) mass is 138 g/mol. The Kier molecular flexibility index (Phi) is 0.967. The molecule has 0 aromatic rings. The van der Waals surface area contributed by atoms with Crippen molar-refractivity contribution in [3.8, 4) is 0 Å². The van der Waals surface area contributed by atoms with Crippen LogP contribution in [0, 0.1) is 0 Å². The molecule has 0 atom stereocenters. The number of hydrogen-bond acceptors (Lipinski definition) is 2. The van der Waals surface area contributed by atoms with E-state index in [1.54, 1.807) is 0 Å². The molecule has 1 saturated heterocycles. The summed E-state index contributed by atoms with van der Waals surface area (Å²) in [6, 6.07) is 0. The van der Waals surface area contributed by atoms with Crippen molar-refractivity contribution < 1.29 is 9.53 Å². The van der Waals surface area contributed by atoms with Crippen molar-refractivity contribution in [2.75, 3.05) is 0 Å². The molecule has 0 radical (unpaired) electrons. The number of rotatable bonds is 0. The lowest BCUT2D eigenvalue weighted by molar-refractivity contribution is -0.153. The highest BCUT2D eigenvalue weighted by Crippen LogP contribution is 2.45. The van der Waals surface area contributed by atoms with Crippen molar-refractivity contribution in [1.82, 2.24) is 0 Å². The molecule has 2 aliphatic rings. The van der Waals surface area contributed by atoms with E-state index in [1.165, 1.54) is 6.42 Å². The Balaban J connectivity index is 2.17. The van der Waals surface area contributed by atoms with Crippen molar-refractivity contribution in [3.63, 3.8) is 0 Å². The third-order valence-electron chi connectivity index (χ3n) is 2.40. The smallest absolute Gasteiger partial charge is 0.334 e. The van der Waals surface area contributed by atoms with Gasteiger partial charge in [0.2, 0.25) is 0 Å². The van der Waals surface area contributed by atoms with Crippen LogP contribution >= 0.6 is 0 Å². The van der Waals surface area contributed by atoms with Crippen LogP contribution in [0.15, 0.2) is 12.2 Å². The largest absolute Gasteiger partial charge is 0.455 e. The van der Waals surface area contributed by atoms with Gasteiger partial charge in [0.15, 0.2) is 0 Å². The Morgan fingerprint density at radius 3 is 2.40 bits per heavy atom. The van der Waals surface area contributed by atoms with E-state index in [1.807, 2.05) is 0 Å². The standard InChI is InChI=1S/C8H10O2/c1-6-5-8(3-2-4-8)10-7(6)9/h1-5H2. The minimum atomic E-state index is -0.181. The van der Waals surface area contributed by atoms with Crippen LogP contribution in [0.1, 0.15) is 25.7 Å². The average molecular weight is 138 g/mol. The predicted molar refractivity (Wildman–Crippen MR) is 36.4 cm³/mol. The zero-order valence-corrected chi connectivity index (χ0v) is 5.85. The van der Waals surface area contributed by atoms with Crippen LogP contribution < -0.4 is 0 Å². The zero-order valence-electron chi connectivity index (χ0n) is 5.85. The van der Waals surface area contributed by atoms with Crippen molar-refractivity contribution in [2.45, 2.75) is 31.3 Å². The number of ether oxygens (including phenoxy) is 1. The molecule has 2 heteroatoms. The minimum Gasteiger partial charge on any atom is -0.455 e. The summed E-state index contributed by atoms with van der Waals surface area (Å²) >= 11 is 0. The Morgan fingerprint density at radius 1 is 1.50 bits per heavy atom. The summed E-state index contributed by atoms with van der Waals surface area (Å²) in [6.45, 7) is 3.64. The molecule has 0 N–H and O–H groups in total. The molecule has 1 saturated carbocycles. The Bertz CT molecular complexity index is 183. The van der Waals surface area contributed by atoms with Crippen LogP contribution in [0.3, 0.4) is 0 Å². The molecule has 0 unspecified atom stereocenters. The number of hydrogen-bond donors (Lipinski definition) is 0. The van der Waals surface area contributed by atoms with E-state index < -0.39 is 0 Å². The molecule has 2 nitrogen and oxygen atoms in total. The van der Waals surface area contributed by atoms with Crippen molar-refractivity contribution in [3.05, 3.63) is 12.2 Å². The third-order valence-corrected chi connectivity index (χ3v) is 2.40. The van der Waals surface area contributed by atoms with Gasteiger partial charge < -0.3 is 4.74 Å². The van der Waals surface area contributed by atoms with E-state index in [9.17, 15) is 4.79 Å². The maximum atomic E-state index is 10.9. The van der Waals surface area contributed by atoms with Gasteiger partial charge >= 0.3 is 5.97 Å². The molecule has 0 amide bonds. The molecule has 0 bridgehead atoms. The highest BCUT2D eigenvalue weighted by molar-refractivity contribution is 5.90. The number of carbonyl (C=O) groups excluding carboxylic acids is 1. The molecule has 1 spiro atoms. The van der Waals surface area contributed by atoms with Crippen molar-refractivity contribution >= 4 is 5.97 Å². The Labute approximate surface area is 59.9 Å². The van der Waals surface area contributed by atoms with E-state index in [2.05, 4.69) is 6.58 Å². The van der Waals surface area contributed by atoms with Crippen LogP contribution in [0.4, 0.5) is 0 Å². The normalized spacial score (nSPS) is 28.4. The first-order chi connectivity index (χ1) is 4.72. The zero-order chi connectivity index (χ0) is 7.19. The van der Waals surface area contributed by atoms with Crippen LogP contribution in [-0.2, 0) is 9.53 Å². The fourth-order valence-corrected chi connectivity index (χ4v) is 1.62. The molecule has 1 heterocycles. The van der Waals surface area contributed by atoms with Gasteiger partial charge in [0.25, 0.3) is 0 Å². The summed E-state index contributed by atoms with van der Waals surface area (Å²) in [5, 5.41) is 0. The maximum Gasteiger partial charge on any atom is 0.334 e. The second kappa shape index (κ2) is 1.62. The Hall–Kier alpha value is -0.790. The first kappa shape index (κ1) is 5.96. The molecular formula is C8H10O2. The number of carbonyl (C=O) groups is 1. The van der Waals surface area contributed by atoms with E-state index in [4.69, 9.17) is 4.74 Å². The minimum absolute atomic E-state index is 0.0891. The van der Waals surface area contributed by atoms with Crippen LogP contribution in [0.25, 0.3) is 0 Å². The van der Waals surface area contributed by atoms with Gasteiger partial charge in [-0.3, -0.25) is 0 Å². The van der Waals surface area contributed by atoms with Crippen LogP contribution in [0.2, 0.25) is 0 Å². The number of esters is 1. The lowest BCUT2D eigenvalue weighted by atomic mass is 9.78. The van der Waals surface area contributed by atoms with Gasteiger partial charge in [0.1, 0.15) is 5.60 Å². The predicted octanol–water partition coefficient (Wildman–Crippen LogP) is 1.41. The summed E-state index contributed by atoms with van der Waals surface area (Å²) in [7, 11) is 0. The van der Waals surface area contributed by atoms with Gasteiger partial charge in [-0.05, 0) is 19.3 Å². The first-order valence-electron chi connectivity index (χ1n) is 3.63. The molecule has 1 aliphatic heterocycles. The first-order valence-corrected chi connectivity index (χ1v) is 3.63. The second-order valence-corrected chi connectivity index (χ2v) is 3.21. The van der Waals surface area contributed by atoms with Crippen molar-refractivity contribution in [2.24, 2.45) is 0 Å². The summed E-state index contributed by atoms with van der Waals surface area (Å²) in [5.41, 5.74) is 0.563. The van der Waals surface area contributed by atoms with Crippen LogP contribution in [0.5, 0.6) is 0 Å². The summed E-state index contributed by atoms with van der Waals surface area (Å²) in [5.74, 6) is -0.181. The molecule has 0 aromatic heterocycles. The quantitative estimate of drug-likeness (QED) is 0.373. The van der Waals surface area contributed by atoms with Gasteiger partial charge in [-0.1, -0.05) is 6.58 Å². The average Bonchev–Trinajstić information content (AvgIpc) is 2.08. The van der Waals surface area contributed by atoms with Crippen molar-refractivity contribution in [1.29, 1.82) is 0 Å². The summed E-state index contributed by atoms with van der Waals surface area (Å²) < 4.78 is 5.16. The SMILES string of the molecule is C=C1CC2(CCC2)OC1=O. The van der Waals surface area contributed by atoms with Crippen LogP contribution in [-0.4, -0.2) is 11.6 Å². The summed E-state index contributed by atoms with van der Waals surface area (Å²) in [4.78, 5) is 10.9. The van der Waals surface area contributed by atoms with Gasteiger partial charge in [-0.2, -0.15) is 0 Å².